The lowest BCUT2D eigenvalue weighted by atomic mass is 10.0. The zero-order chi connectivity index (χ0) is 11.6. The Kier molecular flexibility index (Phi) is 2.92. The zero-order valence-electron chi connectivity index (χ0n) is 9.59. The van der Waals surface area contributed by atoms with E-state index in [2.05, 4.69) is 6.08 Å². The summed E-state index contributed by atoms with van der Waals surface area (Å²) >= 11 is 0. The van der Waals surface area contributed by atoms with Crippen LogP contribution in [-0.2, 0) is 15.1 Å². The van der Waals surface area contributed by atoms with E-state index in [-0.39, 0.29) is 11.8 Å². The van der Waals surface area contributed by atoms with E-state index in [1.54, 1.807) is 7.11 Å². The van der Waals surface area contributed by atoms with Crippen molar-refractivity contribution >= 4 is 6.29 Å². The summed E-state index contributed by atoms with van der Waals surface area (Å²) in [7, 11) is 1.67. The molecule has 0 amide bonds. The van der Waals surface area contributed by atoms with Crippen molar-refractivity contribution < 1.29 is 9.53 Å². The fourth-order valence-corrected chi connectivity index (χ4v) is 2.55. The maximum Gasteiger partial charge on any atom is 0.127 e. The van der Waals surface area contributed by atoms with Gasteiger partial charge in [-0.1, -0.05) is 42.5 Å². The van der Waals surface area contributed by atoms with E-state index in [4.69, 9.17) is 4.74 Å². The predicted molar refractivity (Wildman–Crippen MR) is 63.0 cm³/mol. The van der Waals surface area contributed by atoms with Crippen LogP contribution in [0.15, 0.2) is 42.5 Å². The third-order valence-corrected chi connectivity index (χ3v) is 3.38. The van der Waals surface area contributed by atoms with E-state index in [0.29, 0.717) is 0 Å². The number of benzene rings is 1. The first-order valence-corrected chi connectivity index (χ1v) is 5.50. The molecule has 0 unspecified atom stereocenters. The standard InChI is InChI=1S/C14H16O2/c1-3-7-12-13(10-15)14(12,16-2)11-8-5-4-6-9-11/h3-10,12-13H,1-2H3/b7-3+/t12-,13-,14-/m0/s1. The summed E-state index contributed by atoms with van der Waals surface area (Å²) in [4.78, 5) is 11.1. The molecule has 16 heavy (non-hydrogen) atoms. The normalized spacial score (nSPS) is 32.9. The molecule has 1 fully saturated rings. The Morgan fingerprint density at radius 1 is 1.25 bits per heavy atom. The summed E-state index contributed by atoms with van der Waals surface area (Å²) < 4.78 is 5.62. The molecule has 0 N–H and O–H groups in total. The Morgan fingerprint density at radius 3 is 2.44 bits per heavy atom. The SMILES string of the molecule is C/C=C/[C@H]1[C@H](C=O)[C@]1(OC)c1ccccc1. The summed E-state index contributed by atoms with van der Waals surface area (Å²) in [5.74, 6) is 0.110. The minimum atomic E-state index is -0.435. The van der Waals surface area contributed by atoms with Gasteiger partial charge in [0.25, 0.3) is 0 Å². The van der Waals surface area contributed by atoms with Gasteiger partial charge in [0.2, 0.25) is 0 Å². The van der Waals surface area contributed by atoms with Crippen molar-refractivity contribution in [3.63, 3.8) is 0 Å². The van der Waals surface area contributed by atoms with Crippen LogP contribution in [0.2, 0.25) is 0 Å². The molecule has 0 heterocycles. The van der Waals surface area contributed by atoms with Crippen LogP contribution < -0.4 is 0 Å². The smallest absolute Gasteiger partial charge is 0.127 e. The second-order valence-electron chi connectivity index (χ2n) is 4.08. The van der Waals surface area contributed by atoms with Crippen LogP contribution >= 0.6 is 0 Å². The number of methoxy groups -OCH3 is 1. The van der Waals surface area contributed by atoms with Gasteiger partial charge in [-0.15, -0.1) is 0 Å². The molecule has 0 aromatic heterocycles. The quantitative estimate of drug-likeness (QED) is 0.571. The summed E-state index contributed by atoms with van der Waals surface area (Å²) in [5.41, 5.74) is 0.646. The second-order valence-corrected chi connectivity index (χ2v) is 4.08. The Balaban J connectivity index is 2.38. The molecular weight excluding hydrogens is 200 g/mol. The van der Waals surface area contributed by atoms with Gasteiger partial charge in [-0.05, 0) is 12.5 Å². The van der Waals surface area contributed by atoms with Gasteiger partial charge < -0.3 is 9.53 Å². The van der Waals surface area contributed by atoms with Gasteiger partial charge in [-0.25, -0.2) is 0 Å². The number of ether oxygens (including phenoxy) is 1. The molecule has 0 saturated heterocycles. The van der Waals surface area contributed by atoms with Gasteiger partial charge in [0, 0.05) is 13.0 Å². The highest BCUT2D eigenvalue weighted by molar-refractivity contribution is 5.66. The molecule has 84 valence electrons. The Hall–Kier alpha value is -1.41. The summed E-state index contributed by atoms with van der Waals surface area (Å²) in [6, 6.07) is 9.95. The molecular formula is C14H16O2. The first-order chi connectivity index (χ1) is 7.81. The van der Waals surface area contributed by atoms with E-state index in [1.165, 1.54) is 0 Å². The first kappa shape index (κ1) is 11.1. The van der Waals surface area contributed by atoms with Crippen molar-refractivity contribution in [1.82, 2.24) is 0 Å². The number of carbonyl (C=O) groups excluding carboxylic acids is 1. The Bertz CT molecular complexity index is 396. The molecule has 0 radical (unpaired) electrons. The highest BCUT2D eigenvalue weighted by atomic mass is 16.5. The monoisotopic (exact) mass is 216 g/mol. The van der Waals surface area contributed by atoms with Crippen LogP contribution in [-0.4, -0.2) is 13.4 Å². The number of allylic oxidation sites excluding steroid dienone is 1. The van der Waals surface area contributed by atoms with Gasteiger partial charge in [-0.3, -0.25) is 0 Å². The second kappa shape index (κ2) is 4.22. The van der Waals surface area contributed by atoms with Gasteiger partial charge in [0.1, 0.15) is 11.9 Å². The van der Waals surface area contributed by atoms with Crippen LogP contribution in [0.4, 0.5) is 0 Å². The maximum atomic E-state index is 11.1. The van der Waals surface area contributed by atoms with E-state index in [1.807, 2.05) is 43.3 Å². The fraction of sp³-hybridized carbons (Fsp3) is 0.357. The van der Waals surface area contributed by atoms with E-state index >= 15 is 0 Å². The molecule has 1 aliphatic carbocycles. The van der Waals surface area contributed by atoms with Crippen LogP contribution in [0.25, 0.3) is 0 Å². The average Bonchev–Trinajstić information content (AvgIpc) is 2.99. The van der Waals surface area contributed by atoms with Gasteiger partial charge in [-0.2, -0.15) is 0 Å². The third kappa shape index (κ3) is 1.41. The molecule has 1 saturated carbocycles. The van der Waals surface area contributed by atoms with Crippen LogP contribution in [0.3, 0.4) is 0 Å². The topological polar surface area (TPSA) is 26.3 Å². The Morgan fingerprint density at radius 2 is 1.94 bits per heavy atom. The number of hydrogen-bond acceptors (Lipinski definition) is 2. The molecule has 1 aromatic rings. The number of carbonyl (C=O) groups is 1. The predicted octanol–water partition coefficient (Wildman–Crippen LogP) is 2.55. The van der Waals surface area contributed by atoms with E-state index < -0.39 is 5.60 Å². The first-order valence-electron chi connectivity index (χ1n) is 5.50. The van der Waals surface area contributed by atoms with E-state index in [0.717, 1.165) is 11.8 Å². The molecule has 0 aliphatic heterocycles. The lowest BCUT2D eigenvalue weighted by Gasteiger charge is -2.15. The third-order valence-electron chi connectivity index (χ3n) is 3.38. The molecule has 0 spiro atoms. The lowest BCUT2D eigenvalue weighted by molar-refractivity contribution is -0.110. The van der Waals surface area contributed by atoms with Crippen LogP contribution in [0.1, 0.15) is 12.5 Å². The van der Waals surface area contributed by atoms with Crippen molar-refractivity contribution in [3.05, 3.63) is 48.0 Å². The largest absolute Gasteiger partial charge is 0.372 e. The molecule has 0 bridgehead atoms. The molecule has 1 aromatic carbocycles. The van der Waals surface area contributed by atoms with Crippen molar-refractivity contribution in [3.8, 4) is 0 Å². The maximum absolute atomic E-state index is 11.1. The number of hydrogen-bond donors (Lipinski definition) is 0. The summed E-state index contributed by atoms with van der Waals surface area (Å²) in [6.07, 6.45) is 5.03. The summed E-state index contributed by atoms with van der Waals surface area (Å²) in [5, 5.41) is 0. The van der Waals surface area contributed by atoms with Crippen molar-refractivity contribution in [1.29, 1.82) is 0 Å². The highest BCUT2D eigenvalue weighted by Crippen LogP contribution is 2.60. The lowest BCUT2D eigenvalue weighted by Crippen LogP contribution is -2.14. The molecule has 2 rings (SSSR count). The summed E-state index contributed by atoms with van der Waals surface area (Å²) in [6.45, 7) is 1.96. The molecule has 3 atom stereocenters. The van der Waals surface area contributed by atoms with Crippen LogP contribution in [0.5, 0.6) is 0 Å². The Labute approximate surface area is 95.9 Å². The minimum Gasteiger partial charge on any atom is -0.372 e. The number of aldehydes is 1. The van der Waals surface area contributed by atoms with Crippen LogP contribution in [0, 0.1) is 11.8 Å². The van der Waals surface area contributed by atoms with Crippen molar-refractivity contribution in [2.75, 3.05) is 7.11 Å². The van der Waals surface area contributed by atoms with Crippen molar-refractivity contribution in [2.45, 2.75) is 12.5 Å². The molecule has 2 nitrogen and oxygen atoms in total. The van der Waals surface area contributed by atoms with Gasteiger partial charge in [0.15, 0.2) is 0 Å². The number of rotatable bonds is 4. The molecule has 1 aliphatic rings. The fourth-order valence-electron chi connectivity index (χ4n) is 2.55. The highest BCUT2D eigenvalue weighted by Gasteiger charge is 2.65. The zero-order valence-corrected chi connectivity index (χ0v) is 9.59. The van der Waals surface area contributed by atoms with Gasteiger partial charge in [0.05, 0.1) is 5.92 Å². The molecule has 2 heteroatoms. The van der Waals surface area contributed by atoms with E-state index in [9.17, 15) is 4.79 Å². The minimum absolute atomic E-state index is 0.0592. The van der Waals surface area contributed by atoms with Gasteiger partial charge >= 0.3 is 0 Å². The average molecular weight is 216 g/mol. The van der Waals surface area contributed by atoms with Crippen molar-refractivity contribution in [2.24, 2.45) is 11.8 Å².